The van der Waals surface area contributed by atoms with Gasteiger partial charge in [0.2, 0.25) is 11.8 Å². The van der Waals surface area contributed by atoms with Gasteiger partial charge in [0.25, 0.3) is 11.8 Å². The van der Waals surface area contributed by atoms with E-state index in [0.717, 1.165) is 30.0 Å². The van der Waals surface area contributed by atoms with Crippen molar-refractivity contribution in [2.75, 3.05) is 11.9 Å². The summed E-state index contributed by atoms with van der Waals surface area (Å²) in [6.45, 7) is 5.08. The number of piperidine rings is 1. The molecule has 3 heterocycles. The Balaban J connectivity index is 1.48. The number of carbonyl (C=O) groups excluding carboxylic acids is 4. The highest BCUT2D eigenvalue weighted by Crippen LogP contribution is 2.30. The number of carbonyl (C=O) groups is 4. The summed E-state index contributed by atoms with van der Waals surface area (Å²) in [5.74, 6) is -1.95. The Kier molecular flexibility index (Phi) is 4.45. The van der Waals surface area contributed by atoms with Gasteiger partial charge in [-0.15, -0.1) is 0 Å². The van der Waals surface area contributed by atoms with Crippen LogP contribution in [-0.4, -0.2) is 52.7 Å². The van der Waals surface area contributed by atoms with Gasteiger partial charge in [-0.05, 0) is 51.3 Å². The van der Waals surface area contributed by atoms with Gasteiger partial charge in [-0.2, -0.15) is 0 Å². The van der Waals surface area contributed by atoms with Crippen LogP contribution >= 0.6 is 0 Å². The highest BCUT2D eigenvalue weighted by molar-refractivity contribution is 6.23. The van der Waals surface area contributed by atoms with E-state index in [-0.39, 0.29) is 24.3 Å². The molecule has 28 heavy (non-hydrogen) atoms. The maximum Gasteiger partial charge on any atom is 0.262 e. The number of imide groups is 2. The van der Waals surface area contributed by atoms with Crippen LogP contribution in [0.15, 0.2) is 18.2 Å². The summed E-state index contributed by atoms with van der Waals surface area (Å²) < 4.78 is 0. The van der Waals surface area contributed by atoms with E-state index in [1.54, 1.807) is 18.2 Å². The molecule has 3 aliphatic rings. The number of nitrogens with one attached hydrogen (secondary N) is 3. The quantitative estimate of drug-likeness (QED) is 0.670. The zero-order chi connectivity index (χ0) is 20.1. The molecule has 2 saturated heterocycles. The molecule has 2 fully saturated rings. The van der Waals surface area contributed by atoms with Gasteiger partial charge in [0, 0.05) is 30.2 Å². The standard InChI is InChI=1S/C20H24N4O4/c1-20(2)8-7-12(23-20)10-21-11-3-4-13-14(9-11)19(28)24(18(13)27)15-5-6-16(25)22-17(15)26/h3-4,9,12,15,21,23H,5-8,10H2,1-2H3,(H,22,25,26). The molecule has 4 amide bonds. The molecule has 2 unspecified atom stereocenters. The smallest absolute Gasteiger partial charge is 0.262 e. The number of nitrogens with zero attached hydrogens (tertiary/aromatic N) is 1. The molecule has 8 heteroatoms. The highest BCUT2D eigenvalue weighted by Gasteiger charge is 2.44. The maximum atomic E-state index is 12.8. The Bertz CT molecular complexity index is 879. The van der Waals surface area contributed by atoms with E-state index < -0.39 is 23.8 Å². The lowest BCUT2D eigenvalue weighted by Gasteiger charge is -2.27. The molecule has 0 spiro atoms. The van der Waals surface area contributed by atoms with Crippen molar-refractivity contribution in [1.29, 1.82) is 0 Å². The molecule has 4 rings (SSSR count). The number of anilines is 1. The van der Waals surface area contributed by atoms with Crippen LogP contribution in [0.2, 0.25) is 0 Å². The molecule has 1 aromatic carbocycles. The Morgan fingerprint density at radius 2 is 1.86 bits per heavy atom. The zero-order valence-corrected chi connectivity index (χ0v) is 16.0. The third-order valence-corrected chi connectivity index (χ3v) is 5.71. The first-order valence-electron chi connectivity index (χ1n) is 9.62. The van der Waals surface area contributed by atoms with Crippen molar-refractivity contribution < 1.29 is 19.2 Å². The minimum Gasteiger partial charge on any atom is -0.383 e. The molecule has 0 aliphatic carbocycles. The number of fused-ring (bicyclic) bond motifs is 1. The topological polar surface area (TPSA) is 108 Å². The monoisotopic (exact) mass is 384 g/mol. The van der Waals surface area contributed by atoms with Crippen LogP contribution in [0.1, 0.15) is 60.2 Å². The molecule has 0 saturated carbocycles. The van der Waals surface area contributed by atoms with E-state index in [0.29, 0.717) is 17.2 Å². The molecule has 0 radical (unpaired) electrons. The summed E-state index contributed by atoms with van der Waals surface area (Å²) in [7, 11) is 0. The first-order chi connectivity index (χ1) is 13.2. The molecular formula is C20H24N4O4. The number of amides is 4. The van der Waals surface area contributed by atoms with Gasteiger partial charge < -0.3 is 10.6 Å². The minimum atomic E-state index is -0.938. The van der Waals surface area contributed by atoms with Crippen molar-refractivity contribution in [3.63, 3.8) is 0 Å². The fourth-order valence-corrected chi connectivity index (χ4v) is 4.21. The van der Waals surface area contributed by atoms with Gasteiger partial charge in [0.1, 0.15) is 6.04 Å². The molecular weight excluding hydrogens is 360 g/mol. The predicted molar refractivity (Wildman–Crippen MR) is 102 cm³/mol. The van der Waals surface area contributed by atoms with E-state index in [2.05, 4.69) is 29.8 Å². The number of hydrogen-bond donors (Lipinski definition) is 3. The summed E-state index contributed by atoms with van der Waals surface area (Å²) in [4.78, 5) is 50.0. The summed E-state index contributed by atoms with van der Waals surface area (Å²) in [5.41, 5.74) is 1.48. The molecule has 148 valence electrons. The second-order valence-electron chi connectivity index (χ2n) is 8.35. The van der Waals surface area contributed by atoms with Crippen LogP contribution in [0.3, 0.4) is 0 Å². The number of hydrogen-bond acceptors (Lipinski definition) is 6. The third-order valence-electron chi connectivity index (χ3n) is 5.71. The predicted octanol–water partition coefficient (Wildman–Crippen LogP) is 1.03. The highest BCUT2D eigenvalue weighted by atomic mass is 16.2. The Labute approximate surface area is 163 Å². The molecule has 0 bridgehead atoms. The van der Waals surface area contributed by atoms with E-state index in [4.69, 9.17) is 0 Å². The fourth-order valence-electron chi connectivity index (χ4n) is 4.21. The normalized spacial score (nSPS) is 26.4. The van der Waals surface area contributed by atoms with E-state index in [1.807, 2.05) is 0 Å². The lowest BCUT2D eigenvalue weighted by atomic mass is 10.0. The summed E-state index contributed by atoms with van der Waals surface area (Å²) >= 11 is 0. The van der Waals surface area contributed by atoms with Crippen LogP contribution in [0.25, 0.3) is 0 Å². The van der Waals surface area contributed by atoms with Crippen molar-refractivity contribution in [3.05, 3.63) is 29.3 Å². The summed E-state index contributed by atoms with van der Waals surface area (Å²) in [6, 6.07) is 4.47. The first-order valence-corrected chi connectivity index (χ1v) is 9.62. The average Bonchev–Trinajstić information content (AvgIpc) is 3.11. The van der Waals surface area contributed by atoms with Crippen molar-refractivity contribution >= 4 is 29.3 Å². The maximum absolute atomic E-state index is 12.8. The van der Waals surface area contributed by atoms with Crippen molar-refractivity contribution in [2.24, 2.45) is 0 Å². The van der Waals surface area contributed by atoms with Gasteiger partial charge in [-0.1, -0.05) is 0 Å². The molecule has 2 atom stereocenters. The fraction of sp³-hybridized carbons (Fsp3) is 0.500. The van der Waals surface area contributed by atoms with E-state index >= 15 is 0 Å². The van der Waals surface area contributed by atoms with Crippen LogP contribution in [-0.2, 0) is 9.59 Å². The van der Waals surface area contributed by atoms with Crippen LogP contribution < -0.4 is 16.0 Å². The van der Waals surface area contributed by atoms with Gasteiger partial charge in [-0.25, -0.2) is 0 Å². The van der Waals surface area contributed by atoms with Gasteiger partial charge >= 0.3 is 0 Å². The Morgan fingerprint density at radius 3 is 2.54 bits per heavy atom. The molecule has 3 aliphatic heterocycles. The number of rotatable bonds is 4. The zero-order valence-electron chi connectivity index (χ0n) is 16.0. The van der Waals surface area contributed by atoms with Gasteiger partial charge in [0.05, 0.1) is 11.1 Å². The third kappa shape index (κ3) is 3.28. The molecule has 3 N–H and O–H groups in total. The van der Waals surface area contributed by atoms with Crippen molar-refractivity contribution in [2.45, 2.75) is 57.2 Å². The number of benzene rings is 1. The SMILES string of the molecule is CC1(C)CCC(CNc2ccc3c(c2)C(=O)N(C2CCC(=O)NC2=O)C3=O)N1. The summed E-state index contributed by atoms with van der Waals surface area (Å²) in [6.07, 6.45) is 2.45. The van der Waals surface area contributed by atoms with Crippen LogP contribution in [0.4, 0.5) is 5.69 Å². The second-order valence-corrected chi connectivity index (χ2v) is 8.35. The summed E-state index contributed by atoms with van der Waals surface area (Å²) in [5, 5.41) is 9.09. The lowest BCUT2D eigenvalue weighted by molar-refractivity contribution is -0.136. The van der Waals surface area contributed by atoms with E-state index in [9.17, 15) is 19.2 Å². The minimum absolute atomic E-state index is 0.112. The van der Waals surface area contributed by atoms with Crippen LogP contribution in [0, 0.1) is 0 Å². The van der Waals surface area contributed by atoms with Crippen molar-refractivity contribution in [1.82, 2.24) is 15.5 Å². The van der Waals surface area contributed by atoms with Gasteiger partial charge in [0.15, 0.2) is 0 Å². The average molecular weight is 384 g/mol. The van der Waals surface area contributed by atoms with Crippen LogP contribution in [0.5, 0.6) is 0 Å². The van der Waals surface area contributed by atoms with E-state index in [1.165, 1.54) is 0 Å². The lowest BCUT2D eigenvalue weighted by Crippen LogP contribution is -2.54. The molecule has 8 nitrogen and oxygen atoms in total. The second kappa shape index (κ2) is 6.70. The van der Waals surface area contributed by atoms with Crippen molar-refractivity contribution in [3.8, 4) is 0 Å². The Morgan fingerprint density at radius 1 is 1.11 bits per heavy atom. The molecule has 1 aromatic rings. The van der Waals surface area contributed by atoms with Gasteiger partial charge in [-0.3, -0.25) is 29.4 Å². The Hall–Kier alpha value is -2.74. The first kappa shape index (κ1) is 18.6. The largest absolute Gasteiger partial charge is 0.383 e. The molecule has 0 aromatic heterocycles.